The lowest BCUT2D eigenvalue weighted by atomic mass is 10.0. The van der Waals surface area contributed by atoms with Gasteiger partial charge in [-0.25, -0.2) is 4.79 Å². The number of anilines is 1. The first-order valence-electron chi connectivity index (χ1n) is 6.88. The normalized spacial score (nSPS) is 11.0. The van der Waals surface area contributed by atoms with E-state index in [0.717, 1.165) is 16.8 Å². The van der Waals surface area contributed by atoms with Crippen LogP contribution >= 0.6 is 0 Å². The number of pyridine rings is 1. The Morgan fingerprint density at radius 2 is 1.90 bits per heavy atom. The number of nitrogens with zero attached hydrogens (tertiary/aromatic N) is 1. The molecule has 2 rings (SSSR count). The van der Waals surface area contributed by atoms with E-state index in [2.05, 4.69) is 10.3 Å². The summed E-state index contributed by atoms with van der Waals surface area (Å²) in [6.45, 7) is 7.50. The maximum Gasteiger partial charge on any atom is 0.412 e. The lowest BCUT2D eigenvalue weighted by molar-refractivity contribution is 0.0636. The summed E-state index contributed by atoms with van der Waals surface area (Å²) < 4.78 is 5.30. The fraction of sp³-hybridized carbons (Fsp3) is 0.294. The average molecular weight is 284 g/mol. The van der Waals surface area contributed by atoms with E-state index in [4.69, 9.17) is 4.74 Å². The molecule has 1 N–H and O–H groups in total. The van der Waals surface area contributed by atoms with Crippen LogP contribution in [0.1, 0.15) is 26.3 Å². The molecular formula is C17H20N2O2. The fourth-order valence-corrected chi connectivity index (χ4v) is 2.04. The van der Waals surface area contributed by atoms with Gasteiger partial charge in [0.05, 0.1) is 11.4 Å². The monoisotopic (exact) mass is 284 g/mol. The number of aryl methyl sites for hydroxylation is 1. The average Bonchev–Trinajstić information content (AvgIpc) is 2.37. The van der Waals surface area contributed by atoms with Crippen LogP contribution in [0.3, 0.4) is 0 Å². The zero-order valence-corrected chi connectivity index (χ0v) is 12.8. The number of aromatic nitrogens is 1. The highest BCUT2D eigenvalue weighted by Crippen LogP contribution is 2.30. The molecule has 110 valence electrons. The van der Waals surface area contributed by atoms with Crippen molar-refractivity contribution in [2.75, 3.05) is 5.32 Å². The number of ether oxygens (including phenoxy) is 1. The minimum absolute atomic E-state index is 0.467. The lowest BCUT2D eigenvalue weighted by Crippen LogP contribution is -2.27. The number of rotatable bonds is 2. The lowest BCUT2D eigenvalue weighted by Gasteiger charge is -2.20. The first kappa shape index (κ1) is 15.0. The van der Waals surface area contributed by atoms with Crippen molar-refractivity contribution in [1.82, 2.24) is 4.98 Å². The second-order valence-corrected chi connectivity index (χ2v) is 5.84. The van der Waals surface area contributed by atoms with Crippen molar-refractivity contribution in [1.29, 1.82) is 0 Å². The summed E-state index contributed by atoms with van der Waals surface area (Å²) in [5.74, 6) is 0. The number of carbonyl (C=O) groups excluding carboxylic acids is 1. The van der Waals surface area contributed by atoms with E-state index in [1.54, 1.807) is 6.20 Å². The first-order valence-corrected chi connectivity index (χ1v) is 6.88. The van der Waals surface area contributed by atoms with Crippen molar-refractivity contribution < 1.29 is 9.53 Å². The number of hydrogen-bond donors (Lipinski definition) is 1. The summed E-state index contributed by atoms with van der Waals surface area (Å²) in [5, 5.41) is 2.81. The van der Waals surface area contributed by atoms with Crippen molar-refractivity contribution in [3.8, 4) is 11.3 Å². The molecule has 1 amide bonds. The Bertz CT molecular complexity index is 631. The van der Waals surface area contributed by atoms with Crippen LogP contribution in [0.4, 0.5) is 10.5 Å². The van der Waals surface area contributed by atoms with Gasteiger partial charge in [0.25, 0.3) is 0 Å². The third kappa shape index (κ3) is 4.05. The van der Waals surface area contributed by atoms with Crippen molar-refractivity contribution in [2.24, 2.45) is 0 Å². The second-order valence-electron chi connectivity index (χ2n) is 5.84. The van der Waals surface area contributed by atoms with Gasteiger partial charge in [0, 0.05) is 11.8 Å². The second kappa shape index (κ2) is 5.95. The molecule has 0 saturated heterocycles. The molecule has 1 aromatic heterocycles. The maximum atomic E-state index is 12.0. The summed E-state index contributed by atoms with van der Waals surface area (Å²) in [7, 11) is 0. The van der Waals surface area contributed by atoms with E-state index < -0.39 is 11.7 Å². The Labute approximate surface area is 125 Å². The summed E-state index contributed by atoms with van der Waals surface area (Å²) in [4.78, 5) is 16.3. The van der Waals surface area contributed by atoms with Crippen LogP contribution in [0.5, 0.6) is 0 Å². The summed E-state index contributed by atoms with van der Waals surface area (Å²) in [6, 6.07) is 11.4. The third-order valence-corrected chi connectivity index (χ3v) is 2.83. The van der Waals surface area contributed by atoms with E-state index >= 15 is 0 Å². The number of benzene rings is 1. The van der Waals surface area contributed by atoms with Crippen LogP contribution in [-0.2, 0) is 4.74 Å². The number of hydrogen-bond acceptors (Lipinski definition) is 3. The van der Waals surface area contributed by atoms with Gasteiger partial charge in [-0.05, 0) is 51.5 Å². The van der Waals surface area contributed by atoms with Crippen molar-refractivity contribution >= 4 is 11.8 Å². The van der Waals surface area contributed by atoms with Gasteiger partial charge in [0.15, 0.2) is 0 Å². The van der Waals surface area contributed by atoms with Crippen LogP contribution in [0.15, 0.2) is 42.6 Å². The molecule has 0 aliphatic heterocycles. The van der Waals surface area contributed by atoms with Crippen LogP contribution in [-0.4, -0.2) is 16.7 Å². The molecule has 4 heteroatoms. The summed E-state index contributed by atoms with van der Waals surface area (Å²) in [6.07, 6.45) is 1.27. The fourth-order valence-electron chi connectivity index (χ4n) is 2.04. The highest BCUT2D eigenvalue weighted by atomic mass is 16.6. The topological polar surface area (TPSA) is 51.2 Å². The quantitative estimate of drug-likeness (QED) is 0.889. The van der Waals surface area contributed by atoms with Crippen LogP contribution in [0.25, 0.3) is 11.3 Å². The molecular weight excluding hydrogens is 264 g/mol. The molecule has 4 nitrogen and oxygen atoms in total. The smallest absolute Gasteiger partial charge is 0.412 e. The minimum atomic E-state index is -0.529. The van der Waals surface area contributed by atoms with Crippen molar-refractivity contribution in [3.05, 3.63) is 48.2 Å². The molecule has 0 aliphatic rings. The zero-order valence-electron chi connectivity index (χ0n) is 12.8. The maximum absolute atomic E-state index is 12.0. The Balaban J connectivity index is 2.33. The predicted octanol–water partition coefficient (Wildman–Crippen LogP) is 4.40. The van der Waals surface area contributed by atoms with Gasteiger partial charge in [-0.2, -0.15) is 0 Å². The van der Waals surface area contributed by atoms with Crippen LogP contribution < -0.4 is 5.32 Å². The molecule has 0 spiro atoms. The molecule has 21 heavy (non-hydrogen) atoms. The molecule has 0 bridgehead atoms. The van der Waals surface area contributed by atoms with E-state index in [0.29, 0.717) is 5.69 Å². The molecule has 2 aromatic rings. The molecule has 0 unspecified atom stereocenters. The van der Waals surface area contributed by atoms with Gasteiger partial charge in [0.2, 0.25) is 0 Å². The molecule has 1 heterocycles. The summed E-state index contributed by atoms with van der Waals surface area (Å²) >= 11 is 0. The summed E-state index contributed by atoms with van der Waals surface area (Å²) in [5.41, 5.74) is 2.94. The van der Waals surface area contributed by atoms with Gasteiger partial charge in [-0.15, -0.1) is 0 Å². The van der Waals surface area contributed by atoms with Gasteiger partial charge in [-0.3, -0.25) is 10.3 Å². The van der Waals surface area contributed by atoms with Gasteiger partial charge < -0.3 is 4.74 Å². The third-order valence-electron chi connectivity index (χ3n) is 2.83. The number of amides is 1. The Morgan fingerprint density at radius 3 is 2.52 bits per heavy atom. The van der Waals surface area contributed by atoms with E-state index in [9.17, 15) is 4.79 Å². The SMILES string of the molecule is Cc1cccc(NC(=O)OC(C)(C)C)c1-c1ccccn1. The number of nitrogens with one attached hydrogen (secondary N) is 1. The molecule has 0 atom stereocenters. The van der Waals surface area contributed by atoms with E-state index in [1.807, 2.05) is 64.1 Å². The van der Waals surface area contributed by atoms with Gasteiger partial charge in [0.1, 0.15) is 5.60 Å². The predicted molar refractivity (Wildman–Crippen MR) is 84.3 cm³/mol. The Hall–Kier alpha value is -2.36. The standard InChI is InChI=1S/C17H20N2O2/c1-12-8-7-10-14(19-16(20)21-17(2,3)4)15(12)13-9-5-6-11-18-13/h5-11H,1-4H3,(H,19,20). The number of carbonyl (C=O) groups is 1. The highest BCUT2D eigenvalue weighted by molar-refractivity contribution is 5.92. The molecule has 0 aliphatic carbocycles. The first-order chi connectivity index (χ1) is 9.87. The molecule has 0 saturated carbocycles. The Kier molecular flexibility index (Phi) is 4.26. The largest absolute Gasteiger partial charge is 0.444 e. The molecule has 1 aromatic carbocycles. The van der Waals surface area contributed by atoms with Crippen molar-refractivity contribution in [3.63, 3.8) is 0 Å². The minimum Gasteiger partial charge on any atom is -0.444 e. The highest BCUT2D eigenvalue weighted by Gasteiger charge is 2.18. The zero-order chi connectivity index (χ0) is 15.5. The van der Waals surface area contributed by atoms with Gasteiger partial charge >= 0.3 is 6.09 Å². The van der Waals surface area contributed by atoms with Crippen molar-refractivity contribution in [2.45, 2.75) is 33.3 Å². The van der Waals surface area contributed by atoms with E-state index in [-0.39, 0.29) is 0 Å². The van der Waals surface area contributed by atoms with E-state index in [1.165, 1.54) is 0 Å². The van der Waals surface area contributed by atoms with Crippen LogP contribution in [0.2, 0.25) is 0 Å². The molecule has 0 fully saturated rings. The molecule has 0 radical (unpaired) electrons. The Morgan fingerprint density at radius 1 is 1.14 bits per heavy atom. The van der Waals surface area contributed by atoms with Crippen LogP contribution in [0, 0.1) is 6.92 Å². The van der Waals surface area contributed by atoms with Gasteiger partial charge in [-0.1, -0.05) is 18.2 Å².